The molecule has 1 atom stereocenters. The lowest BCUT2D eigenvalue weighted by molar-refractivity contribution is -0.152. The van der Waals surface area contributed by atoms with Crippen LogP contribution in [-0.4, -0.2) is 33.1 Å². The number of methoxy groups -OCH3 is 2. The molecule has 0 amide bonds. The zero-order valence-corrected chi connectivity index (χ0v) is 13.5. The maximum Gasteiger partial charge on any atom is 0.333 e. The fourth-order valence-electron chi connectivity index (χ4n) is 2.08. The van der Waals surface area contributed by atoms with E-state index in [0.29, 0.717) is 11.3 Å². The molecule has 0 fully saturated rings. The molecule has 0 heterocycles. The van der Waals surface area contributed by atoms with Gasteiger partial charge in [0, 0.05) is 23.5 Å². The number of ether oxygens (including phenoxy) is 4. The molecule has 0 aliphatic rings. The minimum Gasteiger partial charge on any atom is -0.496 e. The van der Waals surface area contributed by atoms with Crippen LogP contribution in [0.4, 0.5) is 0 Å². The Morgan fingerprint density at radius 3 is 2.26 bits per heavy atom. The molecule has 5 heteroatoms. The molecule has 0 bridgehead atoms. The summed E-state index contributed by atoms with van der Waals surface area (Å²) in [4.78, 5) is 11.5. The first kappa shape index (κ1) is 16.8. The fraction of sp³-hybridized carbons (Fsp3) is 0.278. The molecule has 2 aromatic rings. The van der Waals surface area contributed by atoms with Gasteiger partial charge in [-0.05, 0) is 19.1 Å². The first-order chi connectivity index (χ1) is 11.1. The molecule has 122 valence electrons. The lowest BCUT2D eigenvalue weighted by Crippen LogP contribution is -2.27. The van der Waals surface area contributed by atoms with E-state index in [0.717, 1.165) is 16.5 Å². The Hall–Kier alpha value is -2.53. The molecule has 2 rings (SSSR count). The van der Waals surface area contributed by atoms with Gasteiger partial charge in [-0.1, -0.05) is 30.8 Å². The minimum atomic E-state index is -0.713. The second kappa shape index (κ2) is 7.65. The number of esters is 1. The van der Waals surface area contributed by atoms with Crippen molar-refractivity contribution in [1.29, 1.82) is 0 Å². The standard InChI is InChI=1S/C18H20O5/c1-12(2)18(19)22-11-17(21-4)23-16-10-9-15(20-3)13-7-5-6-8-14(13)16/h5-10,17H,1,11H2,2-4H3. The maximum absolute atomic E-state index is 11.5. The molecule has 0 spiro atoms. The predicted molar refractivity (Wildman–Crippen MR) is 87.7 cm³/mol. The molecule has 0 aliphatic carbocycles. The first-order valence-corrected chi connectivity index (χ1v) is 7.14. The Morgan fingerprint density at radius 1 is 1.09 bits per heavy atom. The third-order valence-corrected chi connectivity index (χ3v) is 3.28. The van der Waals surface area contributed by atoms with Gasteiger partial charge in [0.25, 0.3) is 0 Å². The fourth-order valence-corrected chi connectivity index (χ4v) is 2.08. The summed E-state index contributed by atoms with van der Waals surface area (Å²) in [5, 5.41) is 1.82. The van der Waals surface area contributed by atoms with E-state index in [9.17, 15) is 4.79 Å². The van der Waals surface area contributed by atoms with Crippen LogP contribution < -0.4 is 9.47 Å². The first-order valence-electron chi connectivity index (χ1n) is 7.14. The molecule has 0 saturated heterocycles. The molecule has 5 nitrogen and oxygen atoms in total. The van der Waals surface area contributed by atoms with Crippen LogP contribution in [0.15, 0.2) is 48.6 Å². The number of hydrogen-bond acceptors (Lipinski definition) is 5. The Balaban J connectivity index is 2.19. The number of carbonyl (C=O) groups is 1. The van der Waals surface area contributed by atoms with Crippen molar-refractivity contribution in [2.45, 2.75) is 13.2 Å². The quantitative estimate of drug-likeness (QED) is 0.445. The Kier molecular flexibility index (Phi) is 5.60. The minimum absolute atomic E-state index is 0.0252. The number of benzene rings is 2. The van der Waals surface area contributed by atoms with Crippen molar-refractivity contribution >= 4 is 16.7 Å². The number of hydrogen-bond donors (Lipinski definition) is 0. The second-order valence-electron chi connectivity index (χ2n) is 4.97. The van der Waals surface area contributed by atoms with Gasteiger partial charge in [-0.2, -0.15) is 0 Å². The summed E-state index contributed by atoms with van der Waals surface area (Å²) in [5.41, 5.74) is 0.328. The van der Waals surface area contributed by atoms with Crippen LogP contribution in [0.5, 0.6) is 11.5 Å². The van der Waals surface area contributed by atoms with Crippen molar-refractivity contribution in [3.8, 4) is 11.5 Å². The van der Waals surface area contributed by atoms with E-state index in [1.54, 1.807) is 20.1 Å². The SMILES string of the molecule is C=C(C)C(=O)OCC(OC)Oc1ccc(OC)c2ccccc12. The molecular weight excluding hydrogens is 296 g/mol. The van der Waals surface area contributed by atoms with Gasteiger partial charge in [-0.15, -0.1) is 0 Å². The smallest absolute Gasteiger partial charge is 0.333 e. The van der Waals surface area contributed by atoms with Gasteiger partial charge in [0.2, 0.25) is 6.29 Å². The van der Waals surface area contributed by atoms with Crippen LogP contribution in [0, 0.1) is 0 Å². The van der Waals surface area contributed by atoms with Crippen LogP contribution in [0.1, 0.15) is 6.92 Å². The number of rotatable bonds is 7. The molecule has 1 unspecified atom stereocenters. The Morgan fingerprint density at radius 2 is 1.70 bits per heavy atom. The van der Waals surface area contributed by atoms with Gasteiger partial charge in [-0.3, -0.25) is 0 Å². The van der Waals surface area contributed by atoms with Crippen molar-refractivity contribution in [2.24, 2.45) is 0 Å². The molecule has 0 aromatic heterocycles. The summed E-state index contributed by atoms with van der Waals surface area (Å²) in [6.07, 6.45) is -0.713. The van der Waals surface area contributed by atoms with E-state index in [-0.39, 0.29) is 6.61 Å². The molecule has 2 aromatic carbocycles. The van der Waals surface area contributed by atoms with Gasteiger partial charge in [0.15, 0.2) is 6.61 Å². The van der Waals surface area contributed by atoms with Crippen molar-refractivity contribution in [2.75, 3.05) is 20.8 Å². The highest BCUT2D eigenvalue weighted by Gasteiger charge is 2.15. The van der Waals surface area contributed by atoms with Crippen LogP contribution in [-0.2, 0) is 14.3 Å². The van der Waals surface area contributed by atoms with Crippen LogP contribution >= 0.6 is 0 Å². The van der Waals surface area contributed by atoms with Crippen LogP contribution in [0.2, 0.25) is 0 Å². The summed E-state index contributed by atoms with van der Waals surface area (Å²) < 4.78 is 21.5. The van der Waals surface area contributed by atoms with Gasteiger partial charge >= 0.3 is 5.97 Å². The third-order valence-electron chi connectivity index (χ3n) is 3.28. The van der Waals surface area contributed by atoms with Crippen molar-refractivity contribution in [3.05, 3.63) is 48.6 Å². The highest BCUT2D eigenvalue weighted by molar-refractivity contribution is 5.93. The van der Waals surface area contributed by atoms with Crippen molar-refractivity contribution in [1.82, 2.24) is 0 Å². The van der Waals surface area contributed by atoms with E-state index >= 15 is 0 Å². The van der Waals surface area contributed by atoms with E-state index in [1.165, 1.54) is 7.11 Å². The number of carbonyl (C=O) groups excluding carboxylic acids is 1. The maximum atomic E-state index is 11.5. The van der Waals surface area contributed by atoms with E-state index in [1.807, 2.05) is 30.3 Å². The zero-order valence-electron chi connectivity index (χ0n) is 13.5. The highest BCUT2D eigenvalue weighted by Crippen LogP contribution is 2.33. The van der Waals surface area contributed by atoms with Gasteiger partial charge in [-0.25, -0.2) is 4.79 Å². The topological polar surface area (TPSA) is 54.0 Å². The highest BCUT2D eigenvalue weighted by atomic mass is 16.7. The summed E-state index contributed by atoms with van der Waals surface area (Å²) in [7, 11) is 3.11. The zero-order chi connectivity index (χ0) is 16.8. The Labute approximate surface area is 135 Å². The molecule has 23 heavy (non-hydrogen) atoms. The van der Waals surface area contributed by atoms with Gasteiger partial charge < -0.3 is 18.9 Å². The summed E-state index contributed by atoms with van der Waals surface area (Å²) >= 11 is 0. The summed E-state index contributed by atoms with van der Waals surface area (Å²) in [6.45, 7) is 5.09. The van der Waals surface area contributed by atoms with E-state index in [2.05, 4.69) is 6.58 Å². The average Bonchev–Trinajstić information content (AvgIpc) is 2.58. The third kappa shape index (κ3) is 4.02. The monoisotopic (exact) mass is 316 g/mol. The van der Waals surface area contributed by atoms with Crippen molar-refractivity contribution < 1.29 is 23.7 Å². The largest absolute Gasteiger partial charge is 0.496 e. The van der Waals surface area contributed by atoms with Gasteiger partial charge in [0.1, 0.15) is 11.5 Å². The second-order valence-corrected chi connectivity index (χ2v) is 4.97. The average molecular weight is 316 g/mol. The normalized spacial score (nSPS) is 11.8. The van der Waals surface area contributed by atoms with Crippen LogP contribution in [0.25, 0.3) is 10.8 Å². The number of fused-ring (bicyclic) bond motifs is 1. The predicted octanol–water partition coefficient (Wildman–Crippen LogP) is 3.32. The molecule has 0 aliphatic heterocycles. The van der Waals surface area contributed by atoms with Crippen molar-refractivity contribution in [3.63, 3.8) is 0 Å². The summed E-state index contributed by atoms with van der Waals surface area (Å²) in [6, 6.07) is 11.3. The van der Waals surface area contributed by atoms with E-state index in [4.69, 9.17) is 18.9 Å². The van der Waals surface area contributed by atoms with Crippen LogP contribution in [0.3, 0.4) is 0 Å². The summed E-state index contributed by atoms with van der Waals surface area (Å²) in [5.74, 6) is 0.908. The molecular formula is C18H20O5. The Bertz CT molecular complexity index is 708. The molecule has 0 saturated carbocycles. The lowest BCUT2D eigenvalue weighted by atomic mass is 10.1. The lowest BCUT2D eigenvalue weighted by Gasteiger charge is -2.19. The molecule has 0 radical (unpaired) electrons. The van der Waals surface area contributed by atoms with E-state index < -0.39 is 12.3 Å². The molecule has 0 N–H and O–H groups in total. The van der Waals surface area contributed by atoms with Gasteiger partial charge in [0.05, 0.1) is 7.11 Å².